The summed E-state index contributed by atoms with van der Waals surface area (Å²) < 4.78 is 32.2. The molecule has 0 radical (unpaired) electrons. The van der Waals surface area contributed by atoms with Gasteiger partial charge in [0.2, 0.25) is 10.0 Å². The molecule has 2 N–H and O–H groups in total. The van der Waals surface area contributed by atoms with Crippen LogP contribution in [0.2, 0.25) is 0 Å². The van der Waals surface area contributed by atoms with Crippen molar-refractivity contribution in [3.63, 3.8) is 0 Å². The van der Waals surface area contributed by atoms with Crippen molar-refractivity contribution in [2.45, 2.75) is 30.6 Å². The summed E-state index contributed by atoms with van der Waals surface area (Å²) in [6.07, 6.45) is 0. The van der Waals surface area contributed by atoms with E-state index in [4.69, 9.17) is 4.74 Å². The van der Waals surface area contributed by atoms with Crippen LogP contribution in [-0.4, -0.2) is 34.7 Å². The van der Waals surface area contributed by atoms with Crippen molar-refractivity contribution in [2.75, 3.05) is 20.3 Å². The van der Waals surface area contributed by atoms with Gasteiger partial charge >= 0.3 is 0 Å². The molecule has 0 saturated carbocycles. The van der Waals surface area contributed by atoms with Crippen LogP contribution in [0.5, 0.6) is 0 Å². The van der Waals surface area contributed by atoms with Crippen LogP contribution in [0.15, 0.2) is 15.7 Å². The predicted molar refractivity (Wildman–Crippen MR) is 73.4 cm³/mol. The molecule has 0 aliphatic carbocycles. The minimum atomic E-state index is -3.43. The molecule has 0 fully saturated rings. The molecule has 1 heterocycles. The number of hydrogen-bond acceptors (Lipinski definition) is 5. The highest BCUT2D eigenvalue weighted by molar-refractivity contribution is 7.91. The first kappa shape index (κ1) is 15.6. The monoisotopic (exact) mass is 292 g/mol. The number of sulfonamides is 1. The normalized spacial score (nSPS) is 13.7. The van der Waals surface area contributed by atoms with Gasteiger partial charge in [0.05, 0.1) is 6.61 Å². The first-order valence-corrected chi connectivity index (χ1v) is 8.18. The quantitative estimate of drug-likeness (QED) is 0.755. The van der Waals surface area contributed by atoms with E-state index >= 15 is 0 Å². The van der Waals surface area contributed by atoms with Crippen molar-refractivity contribution >= 4 is 21.4 Å². The first-order chi connectivity index (χ1) is 8.49. The lowest BCUT2D eigenvalue weighted by Gasteiger charge is -2.12. The van der Waals surface area contributed by atoms with Crippen molar-refractivity contribution in [3.8, 4) is 0 Å². The molecule has 1 rings (SSSR count). The number of thiophene rings is 1. The van der Waals surface area contributed by atoms with Crippen LogP contribution in [0.3, 0.4) is 0 Å². The van der Waals surface area contributed by atoms with E-state index in [1.54, 1.807) is 13.0 Å². The molecule has 0 aliphatic heterocycles. The van der Waals surface area contributed by atoms with E-state index in [0.717, 1.165) is 5.56 Å². The Morgan fingerprint density at radius 3 is 2.83 bits per heavy atom. The van der Waals surface area contributed by atoms with Crippen LogP contribution < -0.4 is 10.0 Å². The van der Waals surface area contributed by atoms with Crippen LogP contribution in [0.4, 0.5) is 0 Å². The second-order valence-electron chi connectivity index (χ2n) is 3.99. The average molecular weight is 292 g/mol. The third-order valence-corrected chi connectivity index (χ3v) is 5.28. The van der Waals surface area contributed by atoms with E-state index < -0.39 is 10.0 Å². The predicted octanol–water partition coefficient (Wildman–Crippen LogP) is 1.17. The number of nitrogens with one attached hydrogen (secondary N) is 2. The molecule has 104 valence electrons. The van der Waals surface area contributed by atoms with E-state index in [1.807, 2.05) is 19.4 Å². The van der Waals surface area contributed by atoms with Gasteiger partial charge in [0.15, 0.2) is 0 Å². The van der Waals surface area contributed by atoms with Gasteiger partial charge in [0.1, 0.15) is 4.21 Å². The van der Waals surface area contributed by atoms with Crippen molar-refractivity contribution in [3.05, 3.63) is 17.0 Å². The maximum atomic E-state index is 12.0. The lowest BCUT2D eigenvalue weighted by Crippen LogP contribution is -2.35. The molecule has 1 aromatic heterocycles. The largest absolute Gasteiger partial charge is 0.380 e. The first-order valence-electron chi connectivity index (χ1n) is 5.81. The number of ether oxygens (including phenoxy) is 1. The zero-order chi connectivity index (χ0) is 13.6. The Hall–Kier alpha value is -0.470. The highest BCUT2D eigenvalue weighted by atomic mass is 32.2. The second-order valence-corrected chi connectivity index (χ2v) is 6.84. The smallest absolute Gasteiger partial charge is 0.250 e. The molecule has 7 heteroatoms. The molecule has 18 heavy (non-hydrogen) atoms. The van der Waals surface area contributed by atoms with E-state index in [9.17, 15) is 8.42 Å². The molecular weight excluding hydrogens is 272 g/mol. The number of rotatable bonds is 8. The molecule has 0 aromatic carbocycles. The minimum Gasteiger partial charge on any atom is -0.380 e. The van der Waals surface area contributed by atoms with Crippen LogP contribution in [0.25, 0.3) is 0 Å². The average Bonchev–Trinajstić information content (AvgIpc) is 2.75. The van der Waals surface area contributed by atoms with Gasteiger partial charge in [-0.1, -0.05) is 0 Å². The molecule has 0 amide bonds. The topological polar surface area (TPSA) is 67.4 Å². The molecule has 0 spiro atoms. The summed E-state index contributed by atoms with van der Waals surface area (Å²) >= 11 is 1.23. The summed E-state index contributed by atoms with van der Waals surface area (Å²) in [7, 11) is -1.60. The van der Waals surface area contributed by atoms with Gasteiger partial charge in [-0.3, -0.25) is 0 Å². The second kappa shape index (κ2) is 7.20. The maximum Gasteiger partial charge on any atom is 0.250 e. The molecule has 1 unspecified atom stereocenters. The zero-order valence-electron chi connectivity index (χ0n) is 10.9. The van der Waals surface area contributed by atoms with Crippen molar-refractivity contribution in [1.82, 2.24) is 10.0 Å². The lowest BCUT2D eigenvalue weighted by atomic mass is 10.3. The summed E-state index contributed by atoms with van der Waals surface area (Å²) in [5.74, 6) is 0. The van der Waals surface area contributed by atoms with Crippen molar-refractivity contribution < 1.29 is 13.2 Å². The Labute approximate surface area is 113 Å². The fraction of sp³-hybridized carbons (Fsp3) is 0.636. The van der Waals surface area contributed by atoms with Crippen LogP contribution in [-0.2, 0) is 21.3 Å². The fourth-order valence-electron chi connectivity index (χ4n) is 1.44. The van der Waals surface area contributed by atoms with E-state index in [2.05, 4.69) is 10.0 Å². The third-order valence-electron chi connectivity index (χ3n) is 2.20. The Balaban J connectivity index is 2.67. The molecular formula is C11H20N2O3S2. The minimum absolute atomic E-state index is 0.232. The summed E-state index contributed by atoms with van der Waals surface area (Å²) in [6.45, 7) is 5.29. The molecule has 0 saturated heterocycles. The van der Waals surface area contributed by atoms with Gasteiger partial charge in [-0.15, -0.1) is 11.3 Å². The standard InChI is InChI=1S/C11H20N2O3S2/c1-4-16-7-9(2)13-18(14,15)11-5-10(6-12-3)8-17-11/h5,8-9,12-13H,4,6-7H2,1-3H3. The molecule has 0 aliphatic rings. The summed E-state index contributed by atoms with van der Waals surface area (Å²) in [4.78, 5) is 0. The Morgan fingerprint density at radius 1 is 1.50 bits per heavy atom. The van der Waals surface area contributed by atoms with Crippen LogP contribution in [0, 0.1) is 0 Å². The highest BCUT2D eigenvalue weighted by Crippen LogP contribution is 2.20. The zero-order valence-corrected chi connectivity index (χ0v) is 12.5. The highest BCUT2D eigenvalue weighted by Gasteiger charge is 2.19. The van der Waals surface area contributed by atoms with Gasteiger partial charge in [0, 0.05) is 19.2 Å². The Bertz CT molecular complexity index is 457. The number of hydrogen-bond donors (Lipinski definition) is 2. The lowest BCUT2D eigenvalue weighted by molar-refractivity contribution is 0.133. The van der Waals surface area contributed by atoms with E-state index in [0.29, 0.717) is 24.0 Å². The van der Waals surface area contributed by atoms with Crippen molar-refractivity contribution in [2.24, 2.45) is 0 Å². The Morgan fingerprint density at radius 2 is 2.22 bits per heavy atom. The molecule has 0 bridgehead atoms. The molecule has 1 atom stereocenters. The van der Waals surface area contributed by atoms with E-state index in [1.165, 1.54) is 11.3 Å². The maximum absolute atomic E-state index is 12.0. The summed E-state index contributed by atoms with van der Waals surface area (Å²) in [5.41, 5.74) is 0.973. The van der Waals surface area contributed by atoms with Gasteiger partial charge in [0.25, 0.3) is 0 Å². The van der Waals surface area contributed by atoms with Gasteiger partial charge in [-0.05, 0) is 37.9 Å². The summed E-state index contributed by atoms with van der Waals surface area (Å²) in [6, 6.07) is 1.46. The van der Waals surface area contributed by atoms with Crippen LogP contribution in [0.1, 0.15) is 19.4 Å². The third kappa shape index (κ3) is 4.66. The van der Waals surface area contributed by atoms with Gasteiger partial charge in [-0.2, -0.15) is 0 Å². The fourth-order valence-corrected chi connectivity index (χ4v) is 3.90. The Kier molecular flexibility index (Phi) is 6.24. The van der Waals surface area contributed by atoms with Crippen molar-refractivity contribution in [1.29, 1.82) is 0 Å². The summed E-state index contributed by atoms with van der Waals surface area (Å²) in [5, 5.41) is 4.83. The molecule has 5 nitrogen and oxygen atoms in total. The molecule has 1 aromatic rings. The van der Waals surface area contributed by atoms with E-state index in [-0.39, 0.29) is 6.04 Å². The van der Waals surface area contributed by atoms with Gasteiger partial charge in [-0.25, -0.2) is 13.1 Å². The van der Waals surface area contributed by atoms with Crippen LogP contribution >= 0.6 is 11.3 Å². The van der Waals surface area contributed by atoms with Gasteiger partial charge < -0.3 is 10.1 Å². The SMILES string of the molecule is CCOCC(C)NS(=O)(=O)c1cc(CNC)cs1.